The van der Waals surface area contributed by atoms with Gasteiger partial charge in [0, 0.05) is 39.3 Å². The summed E-state index contributed by atoms with van der Waals surface area (Å²) >= 11 is 1.71. The van der Waals surface area contributed by atoms with Crippen LogP contribution in [0.1, 0.15) is 13.3 Å². The molecule has 1 fully saturated rings. The molecule has 1 aliphatic rings. The average Bonchev–Trinajstić information content (AvgIpc) is 2.31. The van der Waals surface area contributed by atoms with E-state index in [1.165, 1.54) is 0 Å². The zero-order chi connectivity index (χ0) is 11.6. The molecule has 0 unspecified atom stereocenters. The Morgan fingerprint density at radius 2 is 2.19 bits per heavy atom. The molecule has 1 amide bonds. The first-order chi connectivity index (χ1) is 7.83. The summed E-state index contributed by atoms with van der Waals surface area (Å²) in [6.07, 6.45) is 1.14. The van der Waals surface area contributed by atoms with Crippen LogP contribution in [0.4, 0.5) is 0 Å². The topological polar surface area (TPSA) is 44.4 Å². The molecule has 0 bridgehead atoms. The van der Waals surface area contributed by atoms with Crippen LogP contribution >= 0.6 is 11.8 Å². The van der Waals surface area contributed by atoms with Gasteiger partial charge in [0.2, 0.25) is 5.91 Å². The number of nitrogens with one attached hydrogen (secondary N) is 2. The molecule has 0 spiro atoms. The van der Waals surface area contributed by atoms with Gasteiger partial charge in [0.25, 0.3) is 0 Å². The fourth-order valence-corrected chi connectivity index (χ4v) is 2.37. The molecule has 4 nitrogen and oxygen atoms in total. The number of rotatable bonds is 7. The lowest BCUT2D eigenvalue weighted by molar-refractivity contribution is -0.118. The number of thioether (sulfide) groups is 1. The molecule has 94 valence electrons. The summed E-state index contributed by atoms with van der Waals surface area (Å²) in [6, 6.07) is 0. The minimum atomic E-state index is 0.175. The van der Waals surface area contributed by atoms with Gasteiger partial charge >= 0.3 is 0 Å². The van der Waals surface area contributed by atoms with Crippen LogP contribution in [0.15, 0.2) is 0 Å². The van der Waals surface area contributed by atoms with E-state index < -0.39 is 0 Å². The van der Waals surface area contributed by atoms with E-state index in [-0.39, 0.29) is 5.91 Å². The van der Waals surface area contributed by atoms with E-state index in [1.807, 2.05) is 0 Å². The van der Waals surface area contributed by atoms with E-state index in [2.05, 4.69) is 22.5 Å². The SMILES string of the molecule is CCCSCC(=O)NCCN1CCNCC1. The summed E-state index contributed by atoms with van der Waals surface area (Å²) in [5, 5.41) is 6.28. The van der Waals surface area contributed by atoms with Gasteiger partial charge in [-0.25, -0.2) is 0 Å². The monoisotopic (exact) mass is 245 g/mol. The Balaban J connectivity index is 1.94. The lowest BCUT2D eigenvalue weighted by Gasteiger charge is -2.27. The third-order valence-electron chi connectivity index (χ3n) is 2.54. The largest absolute Gasteiger partial charge is 0.354 e. The number of piperazine rings is 1. The number of hydrogen-bond acceptors (Lipinski definition) is 4. The molecular formula is C11H23N3OS. The smallest absolute Gasteiger partial charge is 0.230 e. The first-order valence-electron chi connectivity index (χ1n) is 6.10. The van der Waals surface area contributed by atoms with Crippen molar-refractivity contribution in [3.8, 4) is 0 Å². The van der Waals surface area contributed by atoms with Crippen molar-refractivity contribution in [2.45, 2.75) is 13.3 Å². The Morgan fingerprint density at radius 1 is 1.44 bits per heavy atom. The molecule has 0 aromatic carbocycles. The second-order valence-electron chi connectivity index (χ2n) is 3.99. The molecule has 1 heterocycles. The van der Waals surface area contributed by atoms with Crippen LogP contribution < -0.4 is 10.6 Å². The Bertz CT molecular complexity index is 196. The van der Waals surface area contributed by atoms with Gasteiger partial charge in [-0.15, -0.1) is 0 Å². The summed E-state index contributed by atoms with van der Waals surface area (Å²) < 4.78 is 0. The van der Waals surface area contributed by atoms with Gasteiger partial charge in [0.15, 0.2) is 0 Å². The van der Waals surface area contributed by atoms with Crippen LogP contribution in [0, 0.1) is 0 Å². The van der Waals surface area contributed by atoms with E-state index in [4.69, 9.17) is 0 Å². The normalized spacial score (nSPS) is 17.3. The minimum absolute atomic E-state index is 0.175. The number of carbonyl (C=O) groups is 1. The Morgan fingerprint density at radius 3 is 2.88 bits per heavy atom. The van der Waals surface area contributed by atoms with Gasteiger partial charge in [-0.05, 0) is 12.2 Å². The zero-order valence-corrected chi connectivity index (χ0v) is 10.9. The summed E-state index contributed by atoms with van der Waals surface area (Å²) in [7, 11) is 0. The van der Waals surface area contributed by atoms with Crippen molar-refractivity contribution < 1.29 is 4.79 Å². The van der Waals surface area contributed by atoms with E-state index in [0.717, 1.165) is 51.4 Å². The predicted octanol–water partition coefficient (Wildman–Crippen LogP) is 0.151. The highest BCUT2D eigenvalue weighted by Gasteiger charge is 2.09. The fraction of sp³-hybridized carbons (Fsp3) is 0.909. The highest BCUT2D eigenvalue weighted by atomic mass is 32.2. The molecule has 1 saturated heterocycles. The molecule has 0 aliphatic carbocycles. The molecule has 0 atom stereocenters. The molecular weight excluding hydrogens is 222 g/mol. The lowest BCUT2D eigenvalue weighted by Crippen LogP contribution is -2.46. The van der Waals surface area contributed by atoms with Gasteiger partial charge in [0.1, 0.15) is 0 Å². The second-order valence-corrected chi connectivity index (χ2v) is 5.10. The first-order valence-corrected chi connectivity index (χ1v) is 7.26. The fourth-order valence-electron chi connectivity index (χ4n) is 1.65. The number of amides is 1. The molecule has 0 aromatic rings. The van der Waals surface area contributed by atoms with Gasteiger partial charge < -0.3 is 10.6 Å². The van der Waals surface area contributed by atoms with Crippen LogP contribution in [0.2, 0.25) is 0 Å². The van der Waals surface area contributed by atoms with Crippen molar-refractivity contribution in [2.24, 2.45) is 0 Å². The molecule has 2 N–H and O–H groups in total. The predicted molar refractivity (Wildman–Crippen MR) is 69.9 cm³/mol. The number of hydrogen-bond donors (Lipinski definition) is 2. The molecule has 16 heavy (non-hydrogen) atoms. The summed E-state index contributed by atoms with van der Waals surface area (Å²) in [5.41, 5.74) is 0. The van der Waals surface area contributed by atoms with Gasteiger partial charge in [-0.1, -0.05) is 6.92 Å². The molecule has 5 heteroatoms. The molecule has 1 aliphatic heterocycles. The van der Waals surface area contributed by atoms with Gasteiger partial charge in [-0.3, -0.25) is 9.69 Å². The summed E-state index contributed by atoms with van der Waals surface area (Å²) in [4.78, 5) is 13.8. The average molecular weight is 245 g/mol. The van der Waals surface area contributed by atoms with Crippen LogP contribution in [0.5, 0.6) is 0 Å². The second kappa shape index (κ2) is 8.84. The first kappa shape index (κ1) is 13.8. The quantitative estimate of drug-likeness (QED) is 0.627. The van der Waals surface area contributed by atoms with Gasteiger partial charge in [-0.2, -0.15) is 11.8 Å². The maximum Gasteiger partial charge on any atom is 0.230 e. The Hall–Kier alpha value is -0.260. The van der Waals surface area contributed by atoms with E-state index in [0.29, 0.717) is 5.75 Å². The van der Waals surface area contributed by atoms with E-state index in [1.54, 1.807) is 11.8 Å². The van der Waals surface area contributed by atoms with Crippen LogP contribution in [0.25, 0.3) is 0 Å². The maximum atomic E-state index is 11.4. The third kappa shape index (κ3) is 6.35. The van der Waals surface area contributed by atoms with Crippen LogP contribution in [0.3, 0.4) is 0 Å². The van der Waals surface area contributed by atoms with Crippen molar-refractivity contribution in [1.29, 1.82) is 0 Å². The van der Waals surface area contributed by atoms with E-state index in [9.17, 15) is 4.79 Å². The van der Waals surface area contributed by atoms with Crippen molar-refractivity contribution in [3.63, 3.8) is 0 Å². The Labute approximate surface area is 103 Å². The van der Waals surface area contributed by atoms with E-state index >= 15 is 0 Å². The third-order valence-corrected chi connectivity index (χ3v) is 3.70. The molecule has 1 rings (SSSR count). The highest BCUT2D eigenvalue weighted by molar-refractivity contribution is 7.99. The minimum Gasteiger partial charge on any atom is -0.354 e. The van der Waals surface area contributed by atoms with Crippen LogP contribution in [-0.4, -0.2) is 61.6 Å². The standard InChI is InChI=1S/C11H23N3OS/c1-2-9-16-10-11(15)13-5-8-14-6-3-12-4-7-14/h12H,2-10H2,1H3,(H,13,15). The van der Waals surface area contributed by atoms with Gasteiger partial charge in [0.05, 0.1) is 5.75 Å². The van der Waals surface area contributed by atoms with Crippen molar-refractivity contribution in [1.82, 2.24) is 15.5 Å². The van der Waals surface area contributed by atoms with Crippen LogP contribution in [-0.2, 0) is 4.79 Å². The lowest BCUT2D eigenvalue weighted by atomic mass is 10.3. The maximum absolute atomic E-state index is 11.4. The van der Waals surface area contributed by atoms with Crippen molar-refractivity contribution in [2.75, 3.05) is 50.8 Å². The summed E-state index contributed by atoms with van der Waals surface area (Å²) in [6.45, 7) is 8.23. The molecule has 0 radical (unpaired) electrons. The van der Waals surface area contributed by atoms with Crippen molar-refractivity contribution in [3.05, 3.63) is 0 Å². The van der Waals surface area contributed by atoms with Crippen molar-refractivity contribution >= 4 is 17.7 Å². The molecule has 0 saturated carbocycles. The number of carbonyl (C=O) groups excluding carboxylic acids is 1. The number of nitrogens with zero attached hydrogens (tertiary/aromatic N) is 1. The zero-order valence-electron chi connectivity index (χ0n) is 10.1. The summed E-state index contributed by atoms with van der Waals surface area (Å²) in [5.74, 6) is 1.86. The Kier molecular flexibility index (Phi) is 7.63. The highest BCUT2D eigenvalue weighted by Crippen LogP contribution is 2.00. The molecule has 0 aromatic heterocycles.